The second-order valence-electron chi connectivity index (χ2n) is 3.22. The highest BCUT2D eigenvalue weighted by Crippen LogP contribution is 2.41. The van der Waals surface area contributed by atoms with Crippen molar-refractivity contribution in [3.8, 4) is 11.5 Å². The Labute approximate surface area is 95.5 Å². The zero-order chi connectivity index (χ0) is 11.0. The molecular formula is C10H10BrNO3. The lowest BCUT2D eigenvalue weighted by atomic mass is 10.1. The first kappa shape index (κ1) is 10.4. The Hall–Kier alpha value is -1.07. The standard InChI is InChI=1S/C10H10BrNO3/c1-5-9(11)6(7(13)3-12)2-8-10(5)15-4-14-8/h2H,3-4,12H2,1H3. The van der Waals surface area contributed by atoms with Crippen LogP contribution in [0.1, 0.15) is 15.9 Å². The minimum atomic E-state index is -0.122. The highest BCUT2D eigenvalue weighted by molar-refractivity contribution is 9.10. The van der Waals surface area contributed by atoms with Crippen LogP contribution < -0.4 is 15.2 Å². The van der Waals surface area contributed by atoms with Gasteiger partial charge in [-0.15, -0.1) is 0 Å². The van der Waals surface area contributed by atoms with Crippen molar-refractivity contribution in [2.45, 2.75) is 6.92 Å². The monoisotopic (exact) mass is 271 g/mol. The van der Waals surface area contributed by atoms with Crippen LogP contribution in [0, 0.1) is 6.92 Å². The van der Waals surface area contributed by atoms with E-state index in [9.17, 15) is 4.79 Å². The molecule has 1 aliphatic rings. The second-order valence-corrected chi connectivity index (χ2v) is 4.02. The molecule has 0 unspecified atom stereocenters. The van der Waals surface area contributed by atoms with Gasteiger partial charge in [0.1, 0.15) is 0 Å². The molecule has 0 saturated heterocycles. The molecule has 0 fully saturated rings. The van der Waals surface area contributed by atoms with E-state index in [-0.39, 0.29) is 19.1 Å². The number of hydrogen-bond donors (Lipinski definition) is 1. The zero-order valence-corrected chi connectivity index (χ0v) is 9.76. The Balaban J connectivity index is 2.59. The van der Waals surface area contributed by atoms with Crippen molar-refractivity contribution in [1.82, 2.24) is 0 Å². The highest BCUT2D eigenvalue weighted by atomic mass is 79.9. The van der Waals surface area contributed by atoms with E-state index >= 15 is 0 Å². The summed E-state index contributed by atoms with van der Waals surface area (Å²) in [6.45, 7) is 2.05. The third-order valence-corrected chi connectivity index (χ3v) is 3.33. The van der Waals surface area contributed by atoms with Crippen molar-refractivity contribution in [3.05, 3.63) is 21.7 Å². The van der Waals surface area contributed by atoms with Crippen LogP contribution in [-0.2, 0) is 0 Å². The Kier molecular flexibility index (Phi) is 2.67. The fourth-order valence-corrected chi connectivity index (χ4v) is 2.01. The molecule has 5 heteroatoms. The number of fused-ring (bicyclic) bond motifs is 1. The van der Waals surface area contributed by atoms with Gasteiger partial charge in [0.05, 0.1) is 6.54 Å². The van der Waals surface area contributed by atoms with E-state index in [0.29, 0.717) is 17.1 Å². The topological polar surface area (TPSA) is 61.6 Å². The van der Waals surface area contributed by atoms with Crippen molar-refractivity contribution >= 4 is 21.7 Å². The quantitative estimate of drug-likeness (QED) is 0.831. The lowest BCUT2D eigenvalue weighted by Gasteiger charge is -2.08. The Morgan fingerprint density at radius 2 is 2.33 bits per heavy atom. The van der Waals surface area contributed by atoms with Gasteiger partial charge in [-0.3, -0.25) is 4.79 Å². The number of benzene rings is 1. The summed E-state index contributed by atoms with van der Waals surface area (Å²) in [5.41, 5.74) is 6.73. The summed E-state index contributed by atoms with van der Waals surface area (Å²) in [6.07, 6.45) is 0. The lowest BCUT2D eigenvalue weighted by molar-refractivity contribution is 0.1000. The Bertz CT molecular complexity index is 431. The maximum Gasteiger partial charge on any atom is 0.231 e. The van der Waals surface area contributed by atoms with Gasteiger partial charge in [-0.2, -0.15) is 0 Å². The van der Waals surface area contributed by atoms with E-state index in [1.807, 2.05) is 6.92 Å². The molecule has 0 bridgehead atoms. The van der Waals surface area contributed by atoms with Crippen LogP contribution >= 0.6 is 15.9 Å². The molecule has 4 nitrogen and oxygen atoms in total. The molecular weight excluding hydrogens is 262 g/mol. The minimum Gasteiger partial charge on any atom is -0.454 e. The normalized spacial score (nSPS) is 13.0. The number of ether oxygens (including phenoxy) is 2. The van der Waals surface area contributed by atoms with Gasteiger partial charge in [-0.05, 0) is 28.9 Å². The zero-order valence-electron chi connectivity index (χ0n) is 8.17. The first-order valence-electron chi connectivity index (χ1n) is 4.47. The number of ketones is 1. The third kappa shape index (κ3) is 1.61. The van der Waals surface area contributed by atoms with Gasteiger partial charge in [0.15, 0.2) is 17.3 Å². The summed E-state index contributed by atoms with van der Waals surface area (Å²) in [6, 6.07) is 1.66. The van der Waals surface area contributed by atoms with Crippen LogP contribution in [0.5, 0.6) is 11.5 Å². The molecule has 0 amide bonds. The highest BCUT2D eigenvalue weighted by Gasteiger charge is 2.22. The first-order chi connectivity index (χ1) is 7.15. The number of hydrogen-bond acceptors (Lipinski definition) is 4. The molecule has 0 spiro atoms. The van der Waals surface area contributed by atoms with Crippen LogP contribution in [0.4, 0.5) is 0 Å². The van der Waals surface area contributed by atoms with Crippen molar-refractivity contribution in [3.63, 3.8) is 0 Å². The third-order valence-electron chi connectivity index (χ3n) is 2.31. The van der Waals surface area contributed by atoms with Gasteiger partial charge < -0.3 is 15.2 Å². The van der Waals surface area contributed by atoms with E-state index < -0.39 is 0 Å². The largest absolute Gasteiger partial charge is 0.454 e. The van der Waals surface area contributed by atoms with E-state index in [1.165, 1.54) is 0 Å². The smallest absolute Gasteiger partial charge is 0.231 e. The fraction of sp³-hybridized carbons (Fsp3) is 0.300. The van der Waals surface area contributed by atoms with Crippen LogP contribution in [0.15, 0.2) is 10.5 Å². The second kappa shape index (κ2) is 3.83. The van der Waals surface area contributed by atoms with Gasteiger partial charge in [0.25, 0.3) is 0 Å². The fourth-order valence-electron chi connectivity index (χ4n) is 1.50. The first-order valence-corrected chi connectivity index (χ1v) is 5.26. The molecule has 1 aromatic rings. The number of rotatable bonds is 2. The molecule has 80 valence electrons. The maximum absolute atomic E-state index is 11.5. The maximum atomic E-state index is 11.5. The van der Waals surface area contributed by atoms with E-state index in [0.717, 1.165) is 10.0 Å². The van der Waals surface area contributed by atoms with Crippen LogP contribution in [0.25, 0.3) is 0 Å². The van der Waals surface area contributed by atoms with Gasteiger partial charge in [-0.1, -0.05) is 0 Å². The number of Topliss-reactive ketones (excluding diaryl/α,β-unsaturated/α-hetero) is 1. The SMILES string of the molecule is Cc1c(Br)c(C(=O)CN)cc2c1OCO2. The molecule has 2 N–H and O–H groups in total. The molecule has 0 aromatic heterocycles. The average Bonchev–Trinajstić information content (AvgIpc) is 2.70. The summed E-state index contributed by atoms with van der Waals surface area (Å²) in [5.74, 6) is 1.17. The molecule has 0 atom stereocenters. The molecule has 15 heavy (non-hydrogen) atoms. The van der Waals surface area contributed by atoms with E-state index in [1.54, 1.807) is 6.07 Å². The summed E-state index contributed by atoms with van der Waals surface area (Å²) in [4.78, 5) is 11.5. The van der Waals surface area contributed by atoms with Crippen LogP contribution in [0.3, 0.4) is 0 Å². The van der Waals surface area contributed by atoms with Crippen LogP contribution in [-0.4, -0.2) is 19.1 Å². The minimum absolute atomic E-state index is 0.0162. The van der Waals surface area contributed by atoms with E-state index in [2.05, 4.69) is 15.9 Å². The molecule has 1 heterocycles. The predicted octanol–water partition coefficient (Wildman–Crippen LogP) is 1.63. The number of halogens is 1. The summed E-state index contributed by atoms with van der Waals surface area (Å²) in [7, 11) is 0. The molecule has 1 aliphatic heterocycles. The molecule has 0 radical (unpaired) electrons. The van der Waals surface area contributed by atoms with Crippen molar-refractivity contribution in [2.75, 3.05) is 13.3 Å². The van der Waals surface area contributed by atoms with Gasteiger partial charge in [0, 0.05) is 15.6 Å². The van der Waals surface area contributed by atoms with Crippen molar-refractivity contribution < 1.29 is 14.3 Å². The summed E-state index contributed by atoms with van der Waals surface area (Å²) >= 11 is 3.36. The molecule has 2 rings (SSSR count). The lowest BCUT2D eigenvalue weighted by Crippen LogP contribution is -2.14. The number of nitrogens with two attached hydrogens (primary N) is 1. The molecule has 0 saturated carbocycles. The van der Waals surface area contributed by atoms with Gasteiger partial charge >= 0.3 is 0 Å². The van der Waals surface area contributed by atoms with Crippen LogP contribution in [0.2, 0.25) is 0 Å². The number of carbonyl (C=O) groups excluding carboxylic acids is 1. The summed E-state index contributed by atoms with van der Waals surface area (Å²) < 4.78 is 11.2. The average molecular weight is 272 g/mol. The van der Waals surface area contributed by atoms with Crippen molar-refractivity contribution in [2.24, 2.45) is 5.73 Å². The predicted molar refractivity (Wildman–Crippen MR) is 58.4 cm³/mol. The Morgan fingerprint density at radius 1 is 1.60 bits per heavy atom. The molecule has 0 aliphatic carbocycles. The Morgan fingerprint density at radius 3 is 3.00 bits per heavy atom. The van der Waals surface area contributed by atoms with Crippen molar-refractivity contribution in [1.29, 1.82) is 0 Å². The van der Waals surface area contributed by atoms with Gasteiger partial charge in [0.2, 0.25) is 6.79 Å². The van der Waals surface area contributed by atoms with Gasteiger partial charge in [-0.25, -0.2) is 0 Å². The molecule has 1 aromatic carbocycles. The number of carbonyl (C=O) groups is 1. The summed E-state index contributed by atoms with van der Waals surface area (Å²) in [5, 5.41) is 0. The van der Waals surface area contributed by atoms with E-state index in [4.69, 9.17) is 15.2 Å².